The molecule has 16 heavy (non-hydrogen) atoms. The maximum absolute atomic E-state index is 4.37. The van der Waals surface area contributed by atoms with Crippen LogP contribution in [0.3, 0.4) is 0 Å². The molecule has 0 aromatic carbocycles. The van der Waals surface area contributed by atoms with Gasteiger partial charge >= 0.3 is 0 Å². The summed E-state index contributed by atoms with van der Waals surface area (Å²) in [5.74, 6) is 1.61. The van der Waals surface area contributed by atoms with Crippen LogP contribution in [-0.4, -0.2) is 43.0 Å². The lowest BCUT2D eigenvalue weighted by molar-refractivity contribution is 0.172. The van der Waals surface area contributed by atoms with Crippen LogP contribution in [0.15, 0.2) is 12.3 Å². The fourth-order valence-corrected chi connectivity index (χ4v) is 3.05. The molecular weight excluding hydrogens is 196 g/mol. The highest BCUT2D eigenvalue weighted by atomic mass is 15.2. The predicted octanol–water partition coefficient (Wildman–Crippen LogP) is 2.57. The van der Waals surface area contributed by atoms with Gasteiger partial charge in [0.05, 0.1) is 0 Å². The zero-order chi connectivity index (χ0) is 11.5. The smallest absolute Gasteiger partial charge is 0.0200 e. The van der Waals surface area contributed by atoms with Gasteiger partial charge < -0.3 is 9.80 Å². The van der Waals surface area contributed by atoms with E-state index in [4.69, 9.17) is 0 Å². The number of allylic oxidation sites excluding steroid dienone is 1. The first-order valence-electron chi connectivity index (χ1n) is 6.79. The van der Waals surface area contributed by atoms with Crippen molar-refractivity contribution in [2.75, 3.05) is 33.2 Å². The second-order valence-electron chi connectivity index (χ2n) is 5.76. The average molecular weight is 222 g/mol. The van der Waals surface area contributed by atoms with Crippen LogP contribution in [0.1, 0.15) is 32.6 Å². The lowest BCUT2D eigenvalue weighted by atomic mass is 9.91. The van der Waals surface area contributed by atoms with E-state index in [0.717, 1.165) is 11.8 Å². The SMILES string of the molecule is C=C(C1CCN(C)CC1)N1CCCC(C)C1. The van der Waals surface area contributed by atoms with Crippen molar-refractivity contribution in [2.45, 2.75) is 32.6 Å². The molecule has 2 aliphatic heterocycles. The largest absolute Gasteiger partial charge is 0.375 e. The molecule has 2 heterocycles. The Morgan fingerprint density at radius 1 is 1.12 bits per heavy atom. The molecule has 2 heteroatoms. The quantitative estimate of drug-likeness (QED) is 0.708. The Labute approximate surface area is 100 Å². The van der Waals surface area contributed by atoms with Crippen LogP contribution in [0.5, 0.6) is 0 Å². The van der Waals surface area contributed by atoms with Crippen LogP contribution in [0.2, 0.25) is 0 Å². The first-order valence-corrected chi connectivity index (χ1v) is 6.79. The number of rotatable bonds is 2. The molecule has 2 saturated heterocycles. The fourth-order valence-electron chi connectivity index (χ4n) is 3.05. The van der Waals surface area contributed by atoms with Gasteiger partial charge in [-0.2, -0.15) is 0 Å². The van der Waals surface area contributed by atoms with Crippen molar-refractivity contribution in [3.8, 4) is 0 Å². The van der Waals surface area contributed by atoms with Crippen molar-refractivity contribution < 1.29 is 0 Å². The highest BCUT2D eigenvalue weighted by Gasteiger charge is 2.25. The van der Waals surface area contributed by atoms with Crippen LogP contribution in [0, 0.1) is 11.8 Å². The molecule has 0 aliphatic carbocycles. The molecule has 0 spiro atoms. The second-order valence-corrected chi connectivity index (χ2v) is 5.76. The minimum atomic E-state index is 0.751. The molecule has 0 bridgehead atoms. The van der Waals surface area contributed by atoms with E-state index < -0.39 is 0 Å². The van der Waals surface area contributed by atoms with Crippen molar-refractivity contribution in [1.29, 1.82) is 0 Å². The van der Waals surface area contributed by atoms with Gasteiger partial charge in [-0.3, -0.25) is 0 Å². The van der Waals surface area contributed by atoms with Gasteiger partial charge in [0.15, 0.2) is 0 Å². The minimum absolute atomic E-state index is 0.751. The number of nitrogens with zero attached hydrogens (tertiary/aromatic N) is 2. The average Bonchev–Trinajstić information content (AvgIpc) is 2.29. The molecule has 0 saturated carbocycles. The van der Waals surface area contributed by atoms with Crippen molar-refractivity contribution in [2.24, 2.45) is 11.8 Å². The van der Waals surface area contributed by atoms with Crippen molar-refractivity contribution >= 4 is 0 Å². The van der Waals surface area contributed by atoms with Gasteiger partial charge in [0.25, 0.3) is 0 Å². The van der Waals surface area contributed by atoms with Crippen LogP contribution in [-0.2, 0) is 0 Å². The molecule has 92 valence electrons. The first-order chi connectivity index (χ1) is 7.66. The monoisotopic (exact) mass is 222 g/mol. The number of piperidine rings is 2. The Morgan fingerprint density at radius 2 is 1.81 bits per heavy atom. The second kappa shape index (κ2) is 5.22. The predicted molar refractivity (Wildman–Crippen MR) is 69.3 cm³/mol. The Bertz CT molecular complexity index is 241. The van der Waals surface area contributed by atoms with Gasteiger partial charge in [-0.05, 0) is 51.7 Å². The Balaban J connectivity index is 1.86. The van der Waals surface area contributed by atoms with E-state index in [1.54, 1.807) is 0 Å². The Kier molecular flexibility index (Phi) is 3.91. The number of likely N-dealkylation sites (tertiary alicyclic amines) is 2. The molecule has 0 N–H and O–H groups in total. The summed E-state index contributed by atoms with van der Waals surface area (Å²) in [5.41, 5.74) is 1.43. The molecule has 1 unspecified atom stereocenters. The highest BCUT2D eigenvalue weighted by molar-refractivity contribution is 5.03. The zero-order valence-corrected chi connectivity index (χ0v) is 10.9. The summed E-state index contributed by atoms with van der Waals surface area (Å²) in [7, 11) is 2.22. The van der Waals surface area contributed by atoms with Crippen LogP contribution in [0.25, 0.3) is 0 Å². The van der Waals surface area contributed by atoms with Crippen molar-refractivity contribution in [3.63, 3.8) is 0 Å². The molecule has 2 nitrogen and oxygen atoms in total. The van der Waals surface area contributed by atoms with Gasteiger partial charge in [-0.15, -0.1) is 0 Å². The molecule has 1 atom stereocenters. The third-order valence-corrected chi connectivity index (χ3v) is 4.25. The topological polar surface area (TPSA) is 6.48 Å². The maximum atomic E-state index is 4.37. The van der Waals surface area contributed by atoms with Crippen LogP contribution in [0.4, 0.5) is 0 Å². The summed E-state index contributed by atoms with van der Waals surface area (Å²) < 4.78 is 0. The third-order valence-electron chi connectivity index (χ3n) is 4.25. The summed E-state index contributed by atoms with van der Waals surface area (Å²) >= 11 is 0. The number of hydrogen-bond acceptors (Lipinski definition) is 2. The molecule has 2 aliphatic rings. The van der Waals surface area contributed by atoms with Crippen molar-refractivity contribution in [3.05, 3.63) is 12.3 Å². The minimum Gasteiger partial charge on any atom is -0.375 e. The van der Waals surface area contributed by atoms with Gasteiger partial charge in [-0.1, -0.05) is 13.5 Å². The Hall–Kier alpha value is -0.500. The van der Waals surface area contributed by atoms with Gasteiger partial charge in [0.1, 0.15) is 0 Å². The van der Waals surface area contributed by atoms with Crippen LogP contribution >= 0.6 is 0 Å². The summed E-state index contributed by atoms with van der Waals surface area (Å²) in [6.07, 6.45) is 5.37. The van der Waals surface area contributed by atoms with E-state index >= 15 is 0 Å². The van der Waals surface area contributed by atoms with Gasteiger partial charge in [0, 0.05) is 24.7 Å². The van der Waals surface area contributed by atoms with E-state index in [-0.39, 0.29) is 0 Å². The van der Waals surface area contributed by atoms with E-state index in [9.17, 15) is 0 Å². The normalized spacial score (nSPS) is 29.4. The molecule has 0 amide bonds. The summed E-state index contributed by atoms with van der Waals surface area (Å²) in [5, 5.41) is 0. The first kappa shape index (κ1) is 12.0. The van der Waals surface area contributed by atoms with E-state index in [1.807, 2.05) is 0 Å². The van der Waals surface area contributed by atoms with Crippen LogP contribution < -0.4 is 0 Å². The van der Waals surface area contributed by atoms with Gasteiger partial charge in [0.2, 0.25) is 0 Å². The third kappa shape index (κ3) is 2.79. The van der Waals surface area contributed by atoms with E-state index in [0.29, 0.717) is 0 Å². The highest BCUT2D eigenvalue weighted by Crippen LogP contribution is 2.28. The van der Waals surface area contributed by atoms with E-state index in [2.05, 4.69) is 30.4 Å². The van der Waals surface area contributed by atoms with E-state index in [1.165, 1.54) is 57.6 Å². The molecule has 2 fully saturated rings. The Morgan fingerprint density at radius 3 is 2.44 bits per heavy atom. The summed E-state index contributed by atoms with van der Waals surface area (Å²) in [6, 6.07) is 0. The fraction of sp³-hybridized carbons (Fsp3) is 0.857. The molecule has 0 aromatic heterocycles. The molecule has 0 aromatic rings. The molecular formula is C14H26N2. The lowest BCUT2D eigenvalue weighted by Crippen LogP contribution is -2.39. The lowest BCUT2D eigenvalue weighted by Gasteiger charge is -2.39. The summed E-state index contributed by atoms with van der Waals surface area (Å²) in [4.78, 5) is 4.99. The number of hydrogen-bond donors (Lipinski definition) is 0. The molecule has 2 rings (SSSR count). The standard InChI is InChI=1S/C14H26N2/c1-12-5-4-8-16(11-12)13(2)14-6-9-15(3)10-7-14/h12,14H,2,4-11H2,1,3H3. The zero-order valence-electron chi connectivity index (χ0n) is 10.9. The summed E-state index contributed by atoms with van der Waals surface area (Å²) in [6.45, 7) is 11.7. The van der Waals surface area contributed by atoms with Gasteiger partial charge in [-0.25, -0.2) is 0 Å². The maximum Gasteiger partial charge on any atom is 0.0200 e. The van der Waals surface area contributed by atoms with Crippen molar-refractivity contribution in [1.82, 2.24) is 9.80 Å². The molecule has 0 radical (unpaired) electrons.